The van der Waals surface area contributed by atoms with Crippen LogP contribution in [0.15, 0.2) is 71.2 Å². The molecule has 11 heteroatoms. The van der Waals surface area contributed by atoms with E-state index in [1.54, 1.807) is 12.4 Å². The third-order valence-electron chi connectivity index (χ3n) is 4.47. The Morgan fingerprint density at radius 2 is 1.94 bits per heavy atom. The van der Waals surface area contributed by atoms with Gasteiger partial charge in [0.05, 0.1) is 23.3 Å². The van der Waals surface area contributed by atoms with Crippen molar-refractivity contribution in [2.24, 2.45) is 0 Å². The summed E-state index contributed by atoms with van der Waals surface area (Å²) in [6.45, 7) is -0.272. The van der Waals surface area contributed by atoms with Crippen molar-refractivity contribution >= 4 is 39.4 Å². The van der Waals surface area contributed by atoms with Crippen LogP contribution >= 0.6 is 11.3 Å². The lowest BCUT2D eigenvalue weighted by Crippen LogP contribution is -2.32. The van der Waals surface area contributed by atoms with Gasteiger partial charge >= 0.3 is 0 Å². The van der Waals surface area contributed by atoms with E-state index in [1.165, 1.54) is 35.6 Å². The minimum absolute atomic E-state index is 0.105. The molecule has 1 atom stereocenters. The van der Waals surface area contributed by atoms with Crippen LogP contribution in [0.1, 0.15) is 10.4 Å². The molecule has 0 aliphatic rings. The van der Waals surface area contributed by atoms with Gasteiger partial charge in [-0.2, -0.15) is 5.10 Å². The van der Waals surface area contributed by atoms with Gasteiger partial charge in [0.25, 0.3) is 5.91 Å². The Kier molecular flexibility index (Phi) is 6.50. The first-order valence-corrected chi connectivity index (χ1v) is 11.3. The molecular weight excluding hydrogens is 450 g/mol. The molecule has 0 radical (unpaired) electrons. The molecule has 0 aliphatic heterocycles. The van der Waals surface area contributed by atoms with Crippen LogP contribution in [0.5, 0.6) is 0 Å². The second kappa shape index (κ2) is 9.64. The van der Waals surface area contributed by atoms with Crippen LogP contribution < -0.4 is 10.6 Å². The first-order chi connectivity index (χ1) is 15.5. The fourth-order valence-corrected chi connectivity index (χ4v) is 4.13. The number of aromatic amines is 1. The molecule has 0 fully saturated rings. The lowest BCUT2D eigenvalue weighted by Gasteiger charge is -2.06. The summed E-state index contributed by atoms with van der Waals surface area (Å²) in [4.78, 5) is 29.1. The number of benzene rings is 2. The number of rotatable bonds is 7. The maximum Gasteiger partial charge on any atom is 0.251 e. The van der Waals surface area contributed by atoms with Crippen molar-refractivity contribution in [1.29, 1.82) is 0 Å². The van der Waals surface area contributed by atoms with Gasteiger partial charge in [-0.1, -0.05) is 30.3 Å². The molecule has 4 rings (SSSR count). The van der Waals surface area contributed by atoms with Crippen LogP contribution in [-0.2, 0) is 15.9 Å². The SMILES string of the molecule is O=C(CNC(=O)c1cccc(S(=O)O)c1)Nc1nc(-c2ccccc2-c2cn[nH]c2)cs1. The predicted molar refractivity (Wildman–Crippen MR) is 122 cm³/mol. The highest BCUT2D eigenvalue weighted by Gasteiger charge is 2.14. The van der Waals surface area contributed by atoms with Crippen molar-refractivity contribution < 1.29 is 18.4 Å². The number of aromatic nitrogens is 3. The summed E-state index contributed by atoms with van der Waals surface area (Å²) < 4.78 is 20.3. The largest absolute Gasteiger partial charge is 0.343 e. The topological polar surface area (TPSA) is 137 Å². The molecule has 2 heterocycles. The number of H-pyrrole nitrogens is 1. The third kappa shape index (κ3) is 4.97. The number of nitrogens with one attached hydrogen (secondary N) is 3. The van der Waals surface area contributed by atoms with Gasteiger partial charge < -0.3 is 15.2 Å². The summed E-state index contributed by atoms with van der Waals surface area (Å²) in [5, 5.41) is 14.2. The second-order valence-electron chi connectivity index (χ2n) is 6.58. The molecule has 162 valence electrons. The Hall–Kier alpha value is -3.67. The molecule has 4 aromatic rings. The van der Waals surface area contributed by atoms with E-state index in [0.717, 1.165) is 16.7 Å². The molecule has 0 saturated carbocycles. The van der Waals surface area contributed by atoms with Crippen LogP contribution in [0.2, 0.25) is 0 Å². The fourth-order valence-electron chi connectivity index (χ4n) is 2.98. The maximum absolute atomic E-state index is 12.3. The minimum Gasteiger partial charge on any atom is -0.343 e. The van der Waals surface area contributed by atoms with Crippen molar-refractivity contribution in [3.05, 3.63) is 71.9 Å². The van der Waals surface area contributed by atoms with Crippen molar-refractivity contribution in [3.63, 3.8) is 0 Å². The van der Waals surface area contributed by atoms with Crippen molar-refractivity contribution in [1.82, 2.24) is 20.5 Å². The van der Waals surface area contributed by atoms with Crippen LogP contribution in [0, 0.1) is 0 Å². The number of amides is 2. The molecule has 2 amide bonds. The molecule has 0 spiro atoms. The lowest BCUT2D eigenvalue weighted by molar-refractivity contribution is -0.115. The molecular formula is C21H17N5O4S2. The maximum atomic E-state index is 12.3. The van der Waals surface area contributed by atoms with Gasteiger partial charge in [-0.3, -0.25) is 14.7 Å². The Balaban J connectivity index is 1.39. The van der Waals surface area contributed by atoms with E-state index in [-0.39, 0.29) is 17.0 Å². The summed E-state index contributed by atoms with van der Waals surface area (Å²) in [5.41, 5.74) is 3.68. The van der Waals surface area contributed by atoms with Gasteiger partial charge in [-0.15, -0.1) is 11.3 Å². The van der Waals surface area contributed by atoms with E-state index in [4.69, 9.17) is 4.55 Å². The van der Waals surface area contributed by atoms with Gasteiger partial charge in [0.1, 0.15) is 0 Å². The number of carbonyl (C=O) groups is 2. The molecule has 32 heavy (non-hydrogen) atoms. The number of thiazole rings is 1. The lowest BCUT2D eigenvalue weighted by atomic mass is 10.0. The average Bonchev–Trinajstić information content (AvgIpc) is 3.50. The van der Waals surface area contributed by atoms with E-state index < -0.39 is 22.9 Å². The number of hydrogen-bond donors (Lipinski definition) is 4. The number of anilines is 1. The zero-order valence-electron chi connectivity index (χ0n) is 16.4. The number of carbonyl (C=O) groups excluding carboxylic acids is 2. The van der Waals surface area contributed by atoms with E-state index in [1.807, 2.05) is 29.6 Å². The van der Waals surface area contributed by atoms with Gasteiger partial charge in [0, 0.05) is 28.3 Å². The van der Waals surface area contributed by atoms with Crippen LogP contribution in [0.25, 0.3) is 22.4 Å². The third-order valence-corrected chi connectivity index (χ3v) is 5.89. The predicted octanol–water partition coefficient (Wildman–Crippen LogP) is 3.15. The molecule has 9 nitrogen and oxygen atoms in total. The van der Waals surface area contributed by atoms with E-state index >= 15 is 0 Å². The number of hydrogen-bond acceptors (Lipinski definition) is 6. The highest BCUT2D eigenvalue weighted by Crippen LogP contribution is 2.33. The Morgan fingerprint density at radius 3 is 2.69 bits per heavy atom. The zero-order chi connectivity index (χ0) is 22.5. The smallest absolute Gasteiger partial charge is 0.251 e. The summed E-state index contributed by atoms with van der Waals surface area (Å²) in [7, 11) is 0. The van der Waals surface area contributed by atoms with E-state index in [9.17, 15) is 13.8 Å². The van der Waals surface area contributed by atoms with Gasteiger partial charge in [0.15, 0.2) is 16.2 Å². The summed E-state index contributed by atoms with van der Waals surface area (Å²) in [6, 6.07) is 13.5. The fraction of sp³-hybridized carbons (Fsp3) is 0.0476. The standard InChI is InChI=1S/C21H17N5O4S2/c27-19(11-22-20(28)13-4-3-5-15(8-13)32(29)30)26-21-25-18(12-31-21)17-7-2-1-6-16(17)14-9-23-24-10-14/h1-10,12H,11H2,(H,22,28)(H,23,24)(H,29,30)(H,25,26,27). The van der Waals surface area contributed by atoms with Gasteiger partial charge in [-0.25, -0.2) is 9.19 Å². The highest BCUT2D eigenvalue weighted by molar-refractivity contribution is 7.79. The molecule has 0 aliphatic carbocycles. The highest BCUT2D eigenvalue weighted by atomic mass is 32.2. The van der Waals surface area contributed by atoms with Crippen molar-refractivity contribution in [3.8, 4) is 22.4 Å². The van der Waals surface area contributed by atoms with E-state index in [0.29, 0.717) is 10.8 Å². The normalized spacial score (nSPS) is 11.7. The average molecular weight is 468 g/mol. The van der Waals surface area contributed by atoms with Gasteiger partial charge in [0.2, 0.25) is 5.91 Å². The molecule has 4 N–H and O–H groups in total. The van der Waals surface area contributed by atoms with Crippen LogP contribution in [-0.4, -0.2) is 42.3 Å². The quantitative estimate of drug-likeness (QED) is 0.308. The second-order valence-corrected chi connectivity index (χ2v) is 8.41. The summed E-state index contributed by atoms with van der Waals surface area (Å²) in [6.07, 6.45) is 3.52. The van der Waals surface area contributed by atoms with Crippen LogP contribution in [0.4, 0.5) is 5.13 Å². The van der Waals surface area contributed by atoms with E-state index in [2.05, 4.69) is 25.8 Å². The molecule has 2 aromatic carbocycles. The summed E-state index contributed by atoms with van der Waals surface area (Å²) in [5.74, 6) is -0.967. The van der Waals surface area contributed by atoms with Crippen molar-refractivity contribution in [2.75, 3.05) is 11.9 Å². The summed E-state index contributed by atoms with van der Waals surface area (Å²) >= 11 is -0.918. The minimum atomic E-state index is -2.19. The number of nitrogens with zero attached hydrogens (tertiary/aromatic N) is 2. The molecule has 1 unspecified atom stereocenters. The Bertz CT molecular complexity index is 1290. The Morgan fingerprint density at radius 1 is 1.12 bits per heavy atom. The van der Waals surface area contributed by atoms with Crippen LogP contribution in [0.3, 0.4) is 0 Å². The first kappa shape index (κ1) is 21.6. The first-order valence-electron chi connectivity index (χ1n) is 9.34. The zero-order valence-corrected chi connectivity index (χ0v) is 18.1. The Labute approximate surface area is 189 Å². The molecule has 0 bridgehead atoms. The van der Waals surface area contributed by atoms with Crippen molar-refractivity contribution in [2.45, 2.75) is 4.90 Å². The molecule has 2 aromatic heterocycles. The molecule has 0 saturated heterocycles. The van der Waals surface area contributed by atoms with Gasteiger partial charge in [-0.05, 0) is 23.8 Å². The monoisotopic (exact) mass is 467 g/mol.